The second-order valence-electron chi connectivity index (χ2n) is 5.71. The summed E-state index contributed by atoms with van der Waals surface area (Å²) in [6.07, 6.45) is 0. The van der Waals surface area contributed by atoms with Gasteiger partial charge in [0, 0.05) is 5.70 Å². The van der Waals surface area contributed by atoms with Gasteiger partial charge in [0.2, 0.25) is 11.9 Å². The molecule has 0 saturated heterocycles. The van der Waals surface area contributed by atoms with Crippen LogP contribution in [0.2, 0.25) is 0 Å². The number of nitrogens with two attached hydrogens (primary N) is 1. The van der Waals surface area contributed by atoms with E-state index < -0.39 is 11.9 Å². The summed E-state index contributed by atoms with van der Waals surface area (Å²) in [6.45, 7) is 1.78. The number of nitrogens with one attached hydrogen (secondary N) is 1. The summed E-state index contributed by atoms with van der Waals surface area (Å²) in [4.78, 5) is 17.5. The van der Waals surface area contributed by atoms with E-state index in [0.717, 1.165) is 4.88 Å². The van der Waals surface area contributed by atoms with Crippen molar-refractivity contribution in [3.8, 4) is 16.5 Å². The molecule has 7 nitrogen and oxygen atoms in total. The van der Waals surface area contributed by atoms with Crippen LogP contribution < -0.4 is 11.1 Å². The van der Waals surface area contributed by atoms with Gasteiger partial charge >= 0.3 is 0 Å². The molecule has 1 aliphatic heterocycles. The highest BCUT2D eigenvalue weighted by Gasteiger charge is 2.33. The van der Waals surface area contributed by atoms with Crippen LogP contribution in [0.1, 0.15) is 18.5 Å². The van der Waals surface area contributed by atoms with E-state index in [4.69, 9.17) is 5.73 Å². The molecular formula is C17H15N5O2S. The molecule has 8 heteroatoms. The summed E-state index contributed by atoms with van der Waals surface area (Å²) in [5, 5.41) is 19.5. The lowest BCUT2D eigenvalue weighted by Crippen LogP contribution is -2.31. The second-order valence-corrected chi connectivity index (χ2v) is 6.65. The van der Waals surface area contributed by atoms with Gasteiger partial charge in [-0.3, -0.25) is 4.79 Å². The SMILES string of the molecule is CC1=C(C(N)=O)C(c2cccc(O)c2)n2nc(-c3cccs3)nc2N1. The van der Waals surface area contributed by atoms with Crippen molar-refractivity contribution in [2.45, 2.75) is 13.0 Å². The van der Waals surface area contributed by atoms with E-state index in [2.05, 4.69) is 15.4 Å². The number of benzene rings is 1. The van der Waals surface area contributed by atoms with Crippen molar-refractivity contribution in [3.05, 3.63) is 58.6 Å². The Hall–Kier alpha value is -3.13. The lowest BCUT2D eigenvalue weighted by atomic mass is 9.95. The van der Waals surface area contributed by atoms with Crippen LogP contribution in [-0.4, -0.2) is 25.8 Å². The zero-order valence-corrected chi connectivity index (χ0v) is 14.1. The van der Waals surface area contributed by atoms with E-state index >= 15 is 0 Å². The highest BCUT2D eigenvalue weighted by Crippen LogP contribution is 2.37. The molecule has 1 unspecified atom stereocenters. The number of carbonyl (C=O) groups is 1. The van der Waals surface area contributed by atoms with Gasteiger partial charge < -0.3 is 16.2 Å². The molecular weight excluding hydrogens is 338 g/mol. The third-order valence-electron chi connectivity index (χ3n) is 4.05. The fraction of sp³-hybridized carbons (Fsp3) is 0.118. The number of primary amides is 1. The monoisotopic (exact) mass is 353 g/mol. The number of anilines is 1. The topological polar surface area (TPSA) is 106 Å². The largest absolute Gasteiger partial charge is 0.508 e. The first-order valence-electron chi connectivity index (χ1n) is 7.61. The van der Waals surface area contributed by atoms with Crippen LogP contribution in [0.5, 0.6) is 5.75 Å². The van der Waals surface area contributed by atoms with Crippen LogP contribution in [0, 0.1) is 0 Å². The number of hydrogen-bond acceptors (Lipinski definition) is 6. The normalized spacial score (nSPS) is 16.4. The van der Waals surface area contributed by atoms with Crippen LogP contribution in [0.4, 0.5) is 5.95 Å². The maximum atomic E-state index is 12.1. The Kier molecular flexibility index (Phi) is 3.54. The molecule has 25 heavy (non-hydrogen) atoms. The summed E-state index contributed by atoms with van der Waals surface area (Å²) in [5.41, 5.74) is 7.34. The number of allylic oxidation sites excluding steroid dienone is 1. The molecule has 0 spiro atoms. The zero-order valence-electron chi connectivity index (χ0n) is 13.3. The lowest BCUT2D eigenvalue weighted by molar-refractivity contribution is -0.115. The van der Waals surface area contributed by atoms with Crippen LogP contribution >= 0.6 is 11.3 Å². The number of aromatic nitrogens is 3. The molecule has 3 heterocycles. The molecule has 0 aliphatic carbocycles. The number of aromatic hydroxyl groups is 1. The molecule has 4 rings (SSSR count). The summed E-state index contributed by atoms with van der Waals surface area (Å²) >= 11 is 1.54. The minimum Gasteiger partial charge on any atom is -0.508 e. The van der Waals surface area contributed by atoms with Crippen LogP contribution in [0.3, 0.4) is 0 Å². The summed E-state index contributed by atoms with van der Waals surface area (Å²) in [7, 11) is 0. The van der Waals surface area contributed by atoms with Crippen LogP contribution in [-0.2, 0) is 4.79 Å². The molecule has 1 amide bonds. The van der Waals surface area contributed by atoms with Gasteiger partial charge in [0.15, 0.2) is 5.82 Å². The zero-order chi connectivity index (χ0) is 17.6. The van der Waals surface area contributed by atoms with Crippen molar-refractivity contribution in [2.24, 2.45) is 5.73 Å². The molecule has 3 aromatic rings. The van der Waals surface area contributed by atoms with E-state index in [9.17, 15) is 9.90 Å². The van der Waals surface area contributed by atoms with Crippen molar-refractivity contribution in [3.63, 3.8) is 0 Å². The first-order chi connectivity index (χ1) is 12.0. The Bertz CT molecular complexity index is 990. The van der Waals surface area contributed by atoms with Crippen molar-refractivity contribution in [2.75, 3.05) is 5.32 Å². The number of hydrogen-bond donors (Lipinski definition) is 3. The Morgan fingerprint density at radius 2 is 2.20 bits per heavy atom. The summed E-state index contributed by atoms with van der Waals surface area (Å²) in [6, 6.07) is 10.0. The highest BCUT2D eigenvalue weighted by atomic mass is 32.1. The van der Waals surface area contributed by atoms with Gasteiger partial charge in [0.1, 0.15) is 11.8 Å². The number of carbonyl (C=O) groups excluding carboxylic acids is 1. The number of nitrogens with zero attached hydrogens (tertiary/aromatic N) is 3. The summed E-state index contributed by atoms with van der Waals surface area (Å²) in [5.74, 6) is 0.662. The number of rotatable bonds is 3. The predicted molar refractivity (Wildman–Crippen MR) is 95.1 cm³/mol. The van der Waals surface area contributed by atoms with Gasteiger partial charge in [0.25, 0.3) is 0 Å². The Morgan fingerprint density at radius 1 is 1.36 bits per heavy atom. The predicted octanol–water partition coefficient (Wildman–Crippen LogP) is 2.49. The van der Waals surface area contributed by atoms with Crippen molar-refractivity contribution >= 4 is 23.2 Å². The van der Waals surface area contributed by atoms with Gasteiger partial charge in [0.05, 0.1) is 10.5 Å². The van der Waals surface area contributed by atoms with Crippen molar-refractivity contribution in [1.82, 2.24) is 14.8 Å². The van der Waals surface area contributed by atoms with Gasteiger partial charge in [-0.25, -0.2) is 4.68 Å². The standard InChI is InChI=1S/C17H15N5O2S/c1-9-13(15(18)24)14(10-4-2-5-11(23)8-10)22-17(19-9)20-16(21-22)12-6-3-7-25-12/h2-8,14,23H,1H3,(H2,18,24)(H,19,20,21). The first kappa shape index (κ1) is 15.4. The van der Waals surface area contributed by atoms with Gasteiger partial charge in [-0.05, 0) is 36.1 Å². The highest BCUT2D eigenvalue weighted by molar-refractivity contribution is 7.13. The molecule has 0 fully saturated rings. The maximum Gasteiger partial charge on any atom is 0.248 e. The average Bonchev–Trinajstić information content (AvgIpc) is 3.22. The number of amides is 1. The van der Waals surface area contributed by atoms with E-state index in [1.807, 2.05) is 23.6 Å². The molecule has 2 aromatic heterocycles. The second kappa shape index (κ2) is 5.75. The third kappa shape index (κ3) is 2.56. The van der Waals surface area contributed by atoms with Crippen molar-refractivity contribution < 1.29 is 9.90 Å². The molecule has 1 atom stereocenters. The lowest BCUT2D eigenvalue weighted by Gasteiger charge is -2.27. The van der Waals surface area contributed by atoms with Gasteiger partial charge in [-0.2, -0.15) is 4.98 Å². The molecule has 0 bridgehead atoms. The fourth-order valence-corrected chi connectivity index (χ4v) is 3.64. The molecule has 1 aromatic carbocycles. The number of phenols is 1. The van der Waals surface area contributed by atoms with Gasteiger partial charge in [-0.15, -0.1) is 16.4 Å². The molecule has 1 aliphatic rings. The Morgan fingerprint density at radius 3 is 2.88 bits per heavy atom. The molecule has 0 radical (unpaired) electrons. The average molecular weight is 353 g/mol. The first-order valence-corrected chi connectivity index (χ1v) is 8.49. The third-order valence-corrected chi connectivity index (χ3v) is 4.91. The molecule has 0 saturated carbocycles. The minimum atomic E-state index is -0.554. The fourth-order valence-electron chi connectivity index (χ4n) is 2.98. The Labute approximate surface area is 147 Å². The number of phenolic OH excluding ortho intramolecular Hbond substituents is 1. The minimum absolute atomic E-state index is 0.109. The van der Waals surface area contributed by atoms with Gasteiger partial charge in [-0.1, -0.05) is 18.2 Å². The van der Waals surface area contributed by atoms with Crippen LogP contribution in [0.25, 0.3) is 10.7 Å². The summed E-state index contributed by atoms with van der Waals surface area (Å²) < 4.78 is 1.64. The van der Waals surface area contributed by atoms with E-state index in [1.54, 1.807) is 29.8 Å². The van der Waals surface area contributed by atoms with E-state index in [1.165, 1.54) is 11.3 Å². The quantitative estimate of drug-likeness (QED) is 0.671. The molecule has 126 valence electrons. The van der Waals surface area contributed by atoms with E-state index in [0.29, 0.717) is 28.6 Å². The van der Waals surface area contributed by atoms with Crippen molar-refractivity contribution in [1.29, 1.82) is 0 Å². The number of fused-ring (bicyclic) bond motifs is 1. The maximum absolute atomic E-state index is 12.1. The number of thiophene rings is 1. The molecule has 4 N–H and O–H groups in total. The van der Waals surface area contributed by atoms with E-state index in [-0.39, 0.29) is 5.75 Å². The van der Waals surface area contributed by atoms with Crippen LogP contribution in [0.15, 0.2) is 53.0 Å². The Balaban J connectivity index is 1.91. The smallest absolute Gasteiger partial charge is 0.248 e.